The molecular weight excluding hydrogens is 508 g/mol. The number of rotatable bonds is 10. The molecule has 1 aliphatic rings. The molecule has 4 amide bonds. The SMILES string of the molecule is [2H]N(C(=O)c1cccc(C(=N)N)c1)[C@@H](C(=O)N[C@@H](Cc1ccccc1)C(=O)N1CCC[C@@H]1C(N)=O)c1ccccc1. The lowest BCUT2D eigenvalue weighted by atomic mass is 10.0. The van der Waals surface area contributed by atoms with Crippen LogP contribution >= 0.6 is 0 Å². The van der Waals surface area contributed by atoms with Crippen molar-refractivity contribution in [3.8, 4) is 0 Å². The van der Waals surface area contributed by atoms with Gasteiger partial charge in [0.25, 0.3) is 5.91 Å². The number of hydrogen-bond acceptors (Lipinski definition) is 5. The summed E-state index contributed by atoms with van der Waals surface area (Å²) >= 11 is 0. The van der Waals surface area contributed by atoms with Gasteiger partial charge in [0.1, 0.15) is 24.0 Å². The number of nitrogen functional groups attached to an aromatic ring is 1. The summed E-state index contributed by atoms with van der Waals surface area (Å²) in [5.74, 6) is -2.86. The van der Waals surface area contributed by atoms with Crippen molar-refractivity contribution in [3.05, 3.63) is 107 Å². The van der Waals surface area contributed by atoms with Gasteiger partial charge < -0.3 is 27.0 Å². The van der Waals surface area contributed by atoms with Crippen molar-refractivity contribution in [2.24, 2.45) is 11.5 Å². The number of hydrogen-bond donors (Lipinski definition) is 5. The zero-order valence-corrected chi connectivity index (χ0v) is 21.8. The number of benzene rings is 3. The minimum Gasteiger partial charge on any atom is -0.384 e. The van der Waals surface area contributed by atoms with E-state index in [0.29, 0.717) is 35.8 Å². The molecule has 206 valence electrons. The Morgan fingerprint density at radius 3 is 2.25 bits per heavy atom. The summed E-state index contributed by atoms with van der Waals surface area (Å²) in [7, 11) is 0. The topological polar surface area (TPSA) is 171 Å². The fourth-order valence-electron chi connectivity index (χ4n) is 4.76. The first-order valence-corrected chi connectivity index (χ1v) is 12.9. The van der Waals surface area contributed by atoms with Gasteiger partial charge in [-0.15, -0.1) is 0 Å². The highest BCUT2D eigenvalue weighted by Gasteiger charge is 2.37. The van der Waals surface area contributed by atoms with Gasteiger partial charge in [-0.2, -0.15) is 0 Å². The third-order valence-corrected chi connectivity index (χ3v) is 6.79. The maximum atomic E-state index is 13.9. The van der Waals surface area contributed by atoms with Gasteiger partial charge in [-0.25, -0.2) is 0 Å². The van der Waals surface area contributed by atoms with E-state index in [4.69, 9.17) is 18.3 Å². The minimum atomic E-state index is -1.42. The van der Waals surface area contributed by atoms with Crippen LogP contribution in [0, 0.1) is 5.41 Å². The van der Waals surface area contributed by atoms with E-state index in [1.165, 1.54) is 23.1 Å². The number of primary amides is 1. The number of carbonyl (C=O) groups is 4. The number of nitrogens with zero attached hydrogens (tertiary/aromatic N) is 1. The van der Waals surface area contributed by atoms with Gasteiger partial charge in [-0.3, -0.25) is 24.6 Å². The Labute approximate surface area is 233 Å². The Morgan fingerprint density at radius 1 is 0.950 bits per heavy atom. The Hall–Kier alpha value is -4.99. The van der Waals surface area contributed by atoms with Crippen LogP contribution < -0.4 is 22.1 Å². The quantitative estimate of drug-likeness (QED) is 0.194. The Bertz CT molecular complexity index is 1440. The number of carbonyl (C=O) groups excluding carboxylic acids is 4. The summed E-state index contributed by atoms with van der Waals surface area (Å²) in [5.41, 5.74) is 12.6. The molecule has 0 unspecified atom stereocenters. The van der Waals surface area contributed by atoms with E-state index in [1.807, 2.05) is 30.3 Å². The van der Waals surface area contributed by atoms with Crippen LogP contribution in [-0.4, -0.2) is 53.0 Å². The number of nitrogens with one attached hydrogen (secondary N) is 3. The third-order valence-electron chi connectivity index (χ3n) is 6.79. The maximum Gasteiger partial charge on any atom is 0.252 e. The van der Waals surface area contributed by atoms with Crippen molar-refractivity contribution >= 4 is 29.5 Å². The van der Waals surface area contributed by atoms with Crippen LogP contribution in [0.25, 0.3) is 0 Å². The van der Waals surface area contributed by atoms with Crippen molar-refractivity contribution in [2.45, 2.75) is 37.4 Å². The summed E-state index contributed by atoms with van der Waals surface area (Å²) in [6.07, 6.45) is 1.17. The lowest BCUT2D eigenvalue weighted by Crippen LogP contribution is -2.55. The first-order valence-electron chi connectivity index (χ1n) is 13.4. The smallest absolute Gasteiger partial charge is 0.252 e. The van der Waals surface area contributed by atoms with E-state index in [2.05, 4.69) is 5.32 Å². The Kier molecular flexibility index (Phi) is 8.45. The molecule has 1 heterocycles. The molecule has 0 radical (unpaired) electrons. The van der Waals surface area contributed by atoms with E-state index in [0.717, 1.165) is 5.56 Å². The third kappa shape index (κ3) is 6.71. The van der Waals surface area contributed by atoms with E-state index >= 15 is 0 Å². The van der Waals surface area contributed by atoms with Gasteiger partial charge in [-0.05, 0) is 36.1 Å². The summed E-state index contributed by atoms with van der Waals surface area (Å²) < 4.78 is 8.73. The number of nitrogens with two attached hydrogens (primary N) is 2. The van der Waals surface area contributed by atoms with Gasteiger partial charge in [0.2, 0.25) is 17.7 Å². The average molecular weight is 542 g/mol. The Balaban J connectivity index is 1.66. The lowest BCUT2D eigenvalue weighted by molar-refractivity contribution is -0.140. The first kappa shape index (κ1) is 26.6. The second kappa shape index (κ2) is 12.7. The molecule has 0 bridgehead atoms. The first-order chi connectivity index (χ1) is 19.7. The van der Waals surface area contributed by atoms with E-state index in [1.54, 1.807) is 36.4 Å². The zero-order valence-electron chi connectivity index (χ0n) is 22.8. The number of likely N-dealkylation sites (tertiary alicyclic amines) is 1. The lowest BCUT2D eigenvalue weighted by Gasteiger charge is -2.29. The second-order valence-electron chi connectivity index (χ2n) is 9.58. The van der Waals surface area contributed by atoms with E-state index in [9.17, 15) is 19.2 Å². The van der Waals surface area contributed by atoms with Gasteiger partial charge >= 0.3 is 0 Å². The molecule has 4 rings (SSSR count). The number of amides is 4. The van der Waals surface area contributed by atoms with Crippen LogP contribution in [0.2, 0.25) is 1.41 Å². The molecular formula is C30H32N6O4. The standard InChI is InChI=1S/C30H32N6O4/c31-26(32)21-13-7-14-22(18-21)28(38)35-25(20-11-5-2-6-12-20)29(39)34-23(17-19-9-3-1-4-10-19)30(40)36-16-8-15-24(36)27(33)37/h1-7,9-14,18,23-25H,8,15-17H2,(H3,31,32)(H2,33,37)(H,34,39)(H,35,38)/t23-,24+,25+/m0/s1/i/hD. The molecule has 0 spiro atoms. The second-order valence-corrected chi connectivity index (χ2v) is 9.58. The molecule has 40 heavy (non-hydrogen) atoms. The Morgan fingerprint density at radius 2 is 1.60 bits per heavy atom. The molecule has 1 aliphatic heterocycles. The fraction of sp³-hybridized carbons (Fsp3) is 0.233. The van der Waals surface area contributed by atoms with Crippen LogP contribution in [0.5, 0.6) is 0 Å². The molecule has 10 heteroatoms. The molecule has 7 N–H and O–H groups in total. The van der Waals surface area contributed by atoms with Crippen LogP contribution in [0.15, 0.2) is 84.9 Å². The van der Waals surface area contributed by atoms with Crippen molar-refractivity contribution in [1.29, 1.82) is 5.41 Å². The highest BCUT2D eigenvalue weighted by atomic mass is 16.2. The monoisotopic (exact) mass is 541 g/mol. The summed E-state index contributed by atoms with van der Waals surface area (Å²) in [4.78, 5) is 54.4. The summed E-state index contributed by atoms with van der Waals surface area (Å²) in [6.45, 7) is 0.325. The minimum absolute atomic E-state index is 0.0692. The van der Waals surface area contributed by atoms with Gasteiger partial charge in [0.05, 0.1) is 0 Å². The predicted octanol–water partition coefficient (Wildman–Crippen LogP) is 1.65. The molecule has 3 atom stereocenters. The van der Waals surface area contributed by atoms with Crippen molar-refractivity contribution in [3.63, 3.8) is 0 Å². The van der Waals surface area contributed by atoms with Crippen LogP contribution in [-0.2, 0) is 20.8 Å². The van der Waals surface area contributed by atoms with E-state index < -0.39 is 41.8 Å². The van der Waals surface area contributed by atoms with Crippen molar-refractivity contribution < 1.29 is 20.6 Å². The van der Waals surface area contributed by atoms with Gasteiger partial charge in [0, 0.05) is 24.1 Å². The zero-order chi connectivity index (χ0) is 29.5. The van der Waals surface area contributed by atoms with Crippen LogP contribution in [0.4, 0.5) is 0 Å². The molecule has 10 nitrogen and oxygen atoms in total. The molecule has 3 aromatic carbocycles. The normalized spacial score (nSPS) is 16.4. The molecule has 1 saturated heterocycles. The fourth-order valence-corrected chi connectivity index (χ4v) is 4.76. The average Bonchev–Trinajstić information content (AvgIpc) is 3.48. The van der Waals surface area contributed by atoms with E-state index in [-0.39, 0.29) is 17.8 Å². The maximum absolute atomic E-state index is 13.9. The van der Waals surface area contributed by atoms with Gasteiger partial charge in [-0.1, -0.05) is 72.8 Å². The molecule has 0 saturated carbocycles. The van der Waals surface area contributed by atoms with Crippen LogP contribution in [0.3, 0.4) is 0 Å². The van der Waals surface area contributed by atoms with Crippen molar-refractivity contribution in [1.82, 2.24) is 15.5 Å². The molecule has 0 aliphatic carbocycles. The predicted molar refractivity (Wildman–Crippen MR) is 150 cm³/mol. The number of amidine groups is 1. The molecule has 3 aromatic rings. The van der Waals surface area contributed by atoms with Crippen molar-refractivity contribution in [2.75, 3.05) is 6.54 Å². The molecule has 1 fully saturated rings. The molecule has 0 aromatic heterocycles. The summed E-state index contributed by atoms with van der Waals surface area (Å²) in [6, 6.07) is 20.1. The highest BCUT2D eigenvalue weighted by Crippen LogP contribution is 2.21. The summed E-state index contributed by atoms with van der Waals surface area (Å²) in [5, 5.41) is 11.0. The largest absolute Gasteiger partial charge is 0.384 e. The van der Waals surface area contributed by atoms with Gasteiger partial charge in [0.15, 0.2) is 1.41 Å². The van der Waals surface area contributed by atoms with Crippen LogP contribution in [0.1, 0.15) is 45.9 Å². The highest BCUT2D eigenvalue weighted by molar-refractivity contribution is 6.02.